The second kappa shape index (κ2) is 48.1. The maximum atomic E-state index is 11.3. The summed E-state index contributed by atoms with van der Waals surface area (Å²) in [6.07, 6.45) is 22.0. The third-order valence-corrected chi connectivity index (χ3v) is 8.23. The Morgan fingerprint density at radius 2 is 0.863 bits per heavy atom. The lowest BCUT2D eigenvalue weighted by atomic mass is 9.91. The highest BCUT2D eigenvalue weighted by Gasteiger charge is 2.16. The van der Waals surface area contributed by atoms with Crippen molar-refractivity contribution >= 4 is 23.7 Å². The Labute approximate surface area is 318 Å². The maximum Gasteiger partial charge on any atom is 0.306 e. The van der Waals surface area contributed by atoms with Crippen LogP contribution in [0.3, 0.4) is 0 Å². The van der Waals surface area contributed by atoms with E-state index in [0.717, 1.165) is 38.0 Å². The van der Waals surface area contributed by atoms with Crippen molar-refractivity contribution in [2.45, 2.75) is 231 Å². The van der Waals surface area contributed by atoms with Crippen LogP contribution in [0.2, 0.25) is 0 Å². The van der Waals surface area contributed by atoms with Crippen molar-refractivity contribution in [3.63, 3.8) is 0 Å². The molecule has 308 valence electrons. The molecular weight excluding hydrogens is 640 g/mol. The van der Waals surface area contributed by atoms with Crippen LogP contribution in [-0.4, -0.2) is 43.0 Å². The van der Waals surface area contributed by atoms with Crippen molar-refractivity contribution in [2.24, 2.45) is 17.8 Å². The number of Topliss-reactive ketones (excluding diaryl/α,β-unsaturated/α-hetero) is 1. The SMILES string of the molecule is CC.CC(C)=O.CCC(=O)OC(CC)CC(C)CC(C)CC.CCCCCCCCOC(=O)CC.CCCCCCCCOC(=O)CC(C)CC. The molecule has 0 aliphatic rings. The second-order valence-corrected chi connectivity index (χ2v) is 13.9. The highest BCUT2D eigenvalue weighted by Crippen LogP contribution is 2.21. The van der Waals surface area contributed by atoms with Gasteiger partial charge < -0.3 is 19.0 Å². The van der Waals surface area contributed by atoms with Gasteiger partial charge in [0, 0.05) is 19.3 Å². The van der Waals surface area contributed by atoms with Gasteiger partial charge in [-0.15, -0.1) is 0 Å². The van der Waals surface area contributed by atoms with Crippen molar-refractivity contribution in [2.75, 3.05) is 13.2 Å². The smallest absolute Gasteiger partial charge is 0.306 e. The first-order valence-electron chi connectivity index (χ1n) is 21.3. The number of ketones is 1. The Morgan fingerprint density at radius 1 is 0.471 bits per heavy atom. The molecule has 7 heteroatoms. The van der Waals surface area contributed by atoms with Gasteiger partial charge in [0.05, 0.1) is 13.2 Å². The average molecular weight is 731 g/mol. The van der Waals surface area contributed by atoms with Crippen LogP contribution in [-0.2, 0) is 33.4 Å². The highest BCUT2D eigenvalue weighted by atomic mass is 16.5. The summed E-state index contributed by atoms with van der Waals surface area (Å²) in [6, 6.07) is 0. The molecule has 4 unspecified atom stereocenters. The van der Waals surface area contributed by atoms with Gasteiger partial charge in [-0.2, -0.15) is 0 Å². The van der Waals surface area contributed by atoms with Crippen molar-refractivity contribution in [3.05, 3.63) is 0 Å². The van der Waals surface area contributed by atoms with Gasteiger partial charge in [-0.25, -0.2) is 0 Å². The fourth-order valence-electron chi connectivity index (χ4n) is 4.69. The van der Waals surface area contributed by atoms with E-state index in [1.807, 2.05) is 27.7 Å². The van der Waals surface area contributed by atoms with E-state index in [1.165, 1.54) is 90.9 Å². The Balaban J connectivity index is -0.000000193. The van der Waals surface area contributed by atoms with Crippen LogP contribution >= 0.6 is 0 Å². The van der Waals surface area contributed by atoms with Crippen LogP contribution in [0.25, 0.3) is 0 Å². The molecule has 0 saturated carbocycles. The number of rotatable bonds is 26. The number of hydrogen-bond donors (Lipinski definition) is 0. The van der Waals surface area contributed by atoms with E-state index in [9.17, 15) is 19.2 Å². The Bertz CT molecular complexity index is 733. The van der Waals surface area contributed by atoms with E-state index < -0.39 is 0 Å². The van der Waals surface area contributed by atoms with E-state index in [0.29, 0.717) is 44.3 Å². The fraction of sp³-hybridized carbons (Fsp3) is 0.909. The summed E-state index contributed by atoms with van der Waals surface area (Å²) in [5, 5.41) is 0. The number of ether oxygens (including phenoxy) is 3. The van der Waals surface area contributed by atoms with E-state index in [4.69, 9.17) is 14.2 Å². The molecule has 0 aliphatic heterocycles. The monoisotopic (exact) mass is 731 g/mol. The van der Waals surface area contributed by atoms with Crippen LogP contribution in [0.1, 0.15) is 225 Å². The average Bonchev–Trinajstić information content (AvgIpc) is 3.11. The topological polar surface area (TPSA) is 96.0 Å². The first-order valence-corrected chi connectivity index (χ1v) is 21.3. The predicted molar refractivity (Wildman–Crippen MR) is 219 cm³/mol. The van der Waals surface area contributed by atoms with Crippen molar-refractivity contribution in [3.8, 4) is 0 Å². The van der Waals surface area contributed by atoms with Gasteiger partial charge in [-0.1, -0.05) is 160 Å². The molecular formula is C44H90O7. The third kappa shape index (κ3) is 57.7. The molecule has 0 bridgehead atoms. The van der Waals surface area contributed by atoms with Gasteiger partial charge in [0.25, 0.3) is 0 Å². The lowest BCUT2D eigenvalue weighted by Crippen LogP contribution is -2.20. The summed E-state index contributed by atoms with van der Waals surface area (Å²) in [6.45, 7) is 29.4. The van der Waals surface area contributed by atoms with E-state index in [1.54, 1.807) is 0 Å². The quantitative estimate of drug-likeness (QED) is 0.0496. The Morgan fingerprint density at radius 3 is 1.24 bits per heavy atom. The molecule has 0 aromatic heterocycles. The van der Waals surface area contributed by atoms with Gasteiger partial charge in [0.2, 0.25) is 0 Å². The van der Waals surface area contributed by atoms with E-state index in [2.05, 4.69) is 55.4 Å². The van der Waals surface area contributed by atoms with Crippen LogP contribution in [0.4, 0.5) is 0 Å². The van der Waals surface area contributed by atoms with E-state index in [-0.39, 0.29) is 29.8 Å². The number of carbonyl (C=O) groups excluding carboxylic acids is 4. The van der Waals surface area contributed by atoms with Gasteiger partial charge in [-0.05, 0) is 63.7 Å². The van der Waals surface area contributed by atoms with Gasteiger partial charge >= 0.3 is 17.9 Å². The zero-order valence-electron chi connectivity index (χ0n) is 36.7. The molecule has 0 aliphatic carbocycles. The third-order valence-electron chi connectivity index (χ3n) is 8.23. The number of carbonyl (C=O) groups is 4. The molecule has 0 aromatic carbocycles. The minimum Gasteiger partial charge on any atom is -0.466 e. The lowest BCUT2D eigenvalue weighted by Gasteiger charge is -2.22. The summed E-state index contributed by atoms with van der Waals surface area (Å²) in [5.41, 5.74) is 0. The zero-order chi connectivity index (χ0) is 40.3. The zero-order valence-corrected chi connectivity index (χ0v) is 36.7. The van der Waals surface area contributed by atoms with Gasteiger partial charge in [0.1, 0.15) is 11.9 Å². The number of unbranched alkanes of at least 4 members (excludes halogenated alkanes) is 10. The highest BCUT2D eigenvalue weighted by molar-refractivity contribution is 5.72. The molecule has 0 heterocycles. The van der Waals surface area contributed by atoms with Crippen molar-refractivity contribution in [1.82, 2.24) is 0 Å². The second-order valence-electron chi connectivity index (χ2n) is 13.9. The molecule has 0 rings (SSSR count). The minimum absolute atomic E-state index is 0.0251. The van der Waals surface area contributed by atoms with E-state index >= 15 is 0 Å². The van der Waals surface area contributed by atoms with Crippen molar-refractivity contribution < 1.29 is 33.4 Å². The summed E-state index contributed by atoms with van der Waals surface area (Å²) >= 11 is 0. The molecule has 0 aromatic rings. The number of esters is 3. The summed E-state index contributed by atoms with van der Waals surface area (Å²) in [5.74, 6) is 1.87. The summed E-state index contributed by atoms with van der Waals surface area (Å²) < 4.78 is 15.5. The molecule has 0 saturated heterocycles. The predicted octanol–water partition coefficient (Wildman–Crippen LogP) is 13.4. The molecule has 0 amide bonds. The molecule has 0 spiro atoms. The Kier molecular flexibility index (Phi) is 55.0. The summed E-state index contributed by atoms with van der Waals surface area (Å²) in [4.78, 5) is 42.7. The first kappa shape index (κ1) is 58.4. The van der Waals surface area contributed by atoms with Gasteiger partial charge in [-0.3, -0.25) is 14.4 Å². The van der Waals surface area contributed by atoms with Crippen LogP contribution in [0, 0.1) is 17.8 Å². The van der Waals surface area contributed by atoms with Crippen LogP contribution in [0.15, 0.2) is 0 Å². The lowest BCUT2D eigenvalue weighted by molar-refractivity contribution is -0.150. The molecule has 0 fully saturated rings. The standard InChI is InChI=1S/2C14H28O2.C11H22O2.C3H6O.C2H6/c1-6-11(4)9-12(5)10-13(7-2)16-14(15)8-3;1-4-6-7-8-9-10-11-16-14(15)12-13(3)5-2;1-3-5-6-7-8-9-10-13-11(12)4-2;1-3(2)4;1-2/h11-13H,6-10H2,1-5H3;13H,4-12H2,1-3H3;3-10H2,1-2H3;1-2H3;1-2H3. The molecule has 0 N–H and O–H groups in total. The van der Waals surface area contributed by atoms with Gasteiger partial charge in [0.15, 0.2) is 0 Å². The largest absolute Gasteiger partial charge is 0.466 e. The van der Waals surface area contributed by atoms with Crippen LogP contribution < -0.4 is 0 Å². The molecule has 7 nitrogen and oxygen atoms in total. The normalized spacial score (nSPS) is 12.3. The summed E-state index contributed by atoms with van der Waals surface area (Å²) in [7, 11) is 0. The molecule has 0 radical (unpaired) electrons. The molecule has 4 atom stereocenters. The number of hydrogen-bond acceptors (Lipinski definition) is 7. The first-order chi connectivity index (χ1) is 24.3. The maximum absolute atomic E-state index is 11.3. The minimum atomic E-state index is -0.0754. The van der Waals surface area contributed by atoms with Crippen molar-refractivity contribution in [1.29, 1.82) is 0 Å². The Hall–Kier alpha value is -1.92. The molecule has 51 heavy (non-hydrogen) atoms. The van der Waals surface area contributed by atoms with Crippen LogP contribution in [0.5, 0.6) is 0 Å². The fourth-order valence-corrected chi connectivity index (χ4v) is 4.69.